The lowest BCUT2D eigenvalue weighted by molar-refractivity contribution is 0.0526. The van der Waals surface area contributed by atoms with Crippen LogP contribution in [0.3, 0.4) is 0 Å². The van der Waals surface area contributed by atoms with E-state index < -0.39 is 5.97 Å². The maximum absolute atomic E-state index is 12.5. The van der Waals surface area contributed by atoms with Crippen molar-refractivity contribution in [2.75, 3.05) is 6.61 Å². The first kappa shape index (κ1) is 13.2. The lowest BCUT2D eigenvalue weighted by Crippen LogP contribution is -2.21. The molecule has 0 aromatic heterocycles. The second-order valence-electron chi connectivity index (χ2n) is 4.68. The quantitative estimate of drug-likeness (QED) is 0.677. The number of esters is 1. The molecule has 0 heterocycles. The Balaban J connectivity index is 2.13. The van der Waals surface area contributed by atoms with Gasteiger partial charge in [-0.2, -0.15) is 0 Å². The smallest absolute Gasteiger partial charge is 0.338 e. The minimum absolute atomic E-state index is 0.199. The Morgan fingerprint density at radius 2 is 1.48 bits per heavy atom. The number of carbonyl (C=O) groups excluding carboxylic acids is 3. The zero-order chi connectivity index (χ0) is 15.0. The van der Waals surface area contributed by atoms with Gasteiger partial charge in [0.05, 0.1) is 12.2 Å². The Labute approximate surface area is 121 Å². The SMILES string of the molecule is CCOC(=O)c1ccc2c(c1)C(=O)c1ccccc1C2=O. The molecule has 2 aromatic rings. The third kappa shape index (κ3) is 2.05. The molecule has 21 heavy (non-hydrogen) atoms. The Hall–Kier alpha value is -2.75. The average Bonchev–Trinajstić information content (AvgIpc) is 2.52. The Bertz CT molecular complexity index is 774. The second kappa shape index (κ2) is 4.98. The molecular weight excluding hydrogens is 268 g/mol. The molecule has 0 bridgehead atoms. The molecule has 0 saturated carbocycles. The van der Waals surface area contributed by atoms with E-state index in [-0.39, 0.29) is 29.3 Å². The second-order valence-corrected chi connectivity index (χ2v) is 4.68. The fraction of sp³-hybridized carbons (Fsp3) is 0.118. The third-order valence-corrected chi connectivity index (χ3v) is 3.44. The molecular formula is C17H12O4. The van der Waals surface area contributed by atoms with Crippen molar-refractivity contribution in [3.05, 3.63) is 70.3 Å². The molecule has 0 amide bonds. The summed E-state index contributed by atoms with van der Waals surface area (Å²) >= 11 is 0. The lowest BCUT2D eigenvalue weighted by Gasteiger charge is -2.17. The Morgan fingerprint density at radius 3 is 2.10 bits per heavy atom. The van der Waals surface area contributed by atoms with Crippen molar-refractivity contribution in [3.63, 3.8) is 0 Å². The van der Waals surface area contributed by atoms with Gasteiger partial charge in [0.25, 0.3) is 0 Å². The fourth-order valence-corrected chi connectivity index (χ4v) is 2.44. The first-order valence-electron chi connectivity index (χ1n) is 6.63. The highest BCUT2D eigenvalue weighted by molar-refractivity contribution is 6.28. The standard InChI is InChI=1S/C17H12O4/c1-2-21-17(20)10-7-8-13-14(9-10)16(19)12-6-4-3-5-11(12)15(13)18/h3-9H,2H2,1H3. The molecule has 0 radical (unpaired) electrons. The van der Waals surface area contributed by atoms with Crippen LogP contribution in [-0.2, 0) is 4.74 Å². The van der Waals surface area contributed by atoms with Crippen molar-refractivity contribution in [3.8, 4) is 0 Å². The van der Waals surface area contributed by atoms with Crippen molar-refractivity contribution in [1.29, 1.82) is 0 Å². The predicted octanol–water partition coefficient (Wildman–Crippen LogP) is 2.64. The number of rotatable bonds is 2. The summed E-state index contributed by atoms with van der Waals surface area (Å²) in [7, 11) is 0. The van der Waals surface area contributed by atoms with Crippen LogP contribution in [0.2, 0.25) is 0 Å². The monoisotopic (exact) mass is 280 g/mol. The summed E-state index contributed by atoms with van der Waals surface area (Å²) in [5, 5.41) is 0. The van der Waals surface area contributed by atoms with Gasteiger partial charge in [-0.25, -0.2) is 4.79 Å². The van der Waals surface area contributed by atoms with E-state index >= 15 is 0 Å². The minimum Gasteiger partial charge on any atom is -0.462 e. The van der Waals surface area contributed by atoms with Crippen LogP contribution in [-0.4, -0.2) is 24.1 Å². The van der Waals surface area contributed by atoms with Crippen LogP contribution in [0.1, 0.15) is 49.1 Å². The van der Waals surface area contributed by atoms with Gasteiger partial charge in [0, 0.05) is 22.3 Å². The van der Waals surface area contributed by atoms with Crippen molar-refractivity contribution >= 4 is 17.5 Å². The fourth-order valence-electron chi connectivity index (χ4n) is 2.44. The number of fused-ring (bicyclic) bond motifs is 2. The van der Waals surface area contributed by atoms with Crippen LogP contribution in [0, 0.1) is 0 Å². The highest BCUT2D eigenvalue weighted by Gasteiger charge is 2.29. The predicted molar refractivity (Wildman–Crippen MR) is 75.7 cm³/mol. The van der Waals surface area contributed by atoms with Crippen molar-refractivity contribution in [2.45, 2.75) is 6.92 Å². The number of hydrogen-bond donors (Lipinski definition) is 0. The van der Waals surface area contributed by atoms with Crippen LogP contribution in [0.15, 0.2) is 42.5 Å². The molecule has 0 aliphatic heterocycles. The van der Waals surface area contributed by atoms with E-state index in [1.54, 1.807) is 31.2 Å². The van der Waals surface area contributed by atoms with Gasteiger partial charge in [-0.15, -0.1) is 0 Å². The molecule has 104 valence electrons. The summed E-state index contributed by atoms with van der Waals surface area (Å²) < 4.78 is 4.92. The minimum atomic E-state index is -0.501. The van der Waals surface area contributed by atoms with Crippen molar-refractivity contribution < 1.29 is 19.1 Å². The van der Waals surface area contributed by atoms with E-state index in [1.807, 2.05) is 0 Å². The zero-order valence-electron chi connectivity index (χ0n) is 11.4. The summed E-state index contributed by atoms with van der Waals surface area (Å²) in [6.45, 7) is 1.97. The molecule has 0 N–H and O–H groups in total. The summed E-state index contributed by atoms with van der Waals surface area (Å²) in [4.78, 5) is 36.6. The van der Waals surface area contributed by atoms with Gasteiger partial charge in [-0.05, 0) is 25.1 Å². The van der Waals surface area contributed by atoms with Crippen LogP contribution >= 0.6 is 0 Å². The first-order chi connectivity index (χ1) is 10.1. The van der Waals surface area contributed by atoms with E-state index in [2.05, 4.69) is 0 Å². The lowest BCUT2D eigenvalue weighted by atomic mass is 9.83. The molecule has 0 fully saturated rings. The van der Waals surface area contributed by atoms with Gasteiger partial charge in [0.15, 0.2) is 11.6 Å². The van der Waals surface area contributed by atoms with Crippen molar-refractivity contribution in [1.82, 2.24) is 0 Å². The third-order valence-electron chi connectivity index (χ3n) is 3.44. The van der Waals surface area contributed by atoms with Gasteiger partial charge in [0.2, 0.25) is 0 Å². The van der Waals surface area contributed by atoms with Crippen molar-refractivity contribution in [2.24, 2.45) is 0 Å². The van der Waals surface area contributed by atoms with Gasteiger partial charge < -0.3 is 4.74 Å². The van der Waals surface area contributed by atoms with E-state index in [4.69, 9.17) is 4.74 Å². The molecule has 1 aliphatic rings. The molecule has 0 saturated heterocycles. The molecule has 1 aliphatic carbocycles. The molecule has 4 nitrogen and oxygen atoms in total. The highest BCUT2D eigenvalue weighted by Crippen LogP contribution is 2.27. The van der Waals surface area contributed by atoms with Gasteiger partial charge in [-0.1, -0.05) is 24.3 Å². The van der Waals surface area contributed by atoms with Crippen LogP contribution in [0.5, 0.6) is 0 Å². The Morgan fingerprint density at radius 1 is 0.905 bits per heavy atom. The molecule has 4 heteroatoms. The van der Waals surface area contributed by atoms with Crippen LogP contribution in [0.25, 0.3) is 0 Å². The molecule has 0 atom stereocenters. The van der Waals surface area contributed by atoms with Crippen LogP contribution in [0.4, 0.5) is 0 Å². The summed E-state index contributed by atoms with van der Waals surface area (Å²) in [6, 6.07) is 11.1. The van der Waals surface area contributed by atoms with Gasteiger partial charge >= 0.3 is 5.97 Å². The first-order valence-corrected chi connectivity index (χ1v) is 6.63. The highest BCUT2D eigenvalue weighted by atomic mass is 16.5. The van der Waals surface area contributed by atoms with E-state index in [9.17, 15) is 14.4 Å². The number of carbonyl (C=O) groups is 3. The zero-order valence-corrected chi connectivity index (χ0v) is 11.4. The maximum Gasteiger partial charge on any atom is 0.338 e. The summed E-state index contributed by atoms with van der Waals surface area (Å²) in [5.41, 5.74) is 1.63. The molecule has 3 rings (SSSR count). The van der Waals surface area contributed by atoms with Crippen LogP contribution < -0.4 is 0 Å². The molecule has 0 spiro atoms. The topological polar surface area (TPSA) is 60.4 Å². The normalized spacial score (nSPS) is 12.6. The number of hydrogen-bond acceptors (Lipinski definition) is 4. The summed E-state index contributed by atoms with van der Waals surface area (Å²) in [5.74, 6) is -0.943. The molecule has 2 aromatic carbocycles. The largest absolute Gasteiger partial charge is 0.462 e. The number of ether oxygens (including phenoxy) is 1. The average molecular weight is 280 g/mol. The molecule has 0 unspecified atom stereocenters. The summed E-state index contributed by atoms with van der Waals surface area (Å²) in [6.07, 6.45) is 0. The van der Waals surface area contributed by atoms with E-state index in [1.165, 1.54) is 18.2 Å². The number of benzene rings is 2. The van der Waals surface area contributed by atoms with E-state index in [0.29, 0.717) is 16.7 Å². The Kier molecular flexibility index (Phi) is 3.14. The van der Waals surface area contributed by atoms with Gasteiger partial charge in [0.1, 0.15) is 0 Å². The number of ketones is 2. The van der Waals surface area contributed by atoms with E-state index in [0.717, 1.165) is 0 Å². The maximum atomic E-state index is 12.5. The van der Waals surface area contributed by atoms with Gasteiger partial charge in [-0.3, -0.25) is 9.59 Å².